The molecule has 17 heavy (non-hydrogen) atoms. The summed E-state index contributed by atoms with van der Waals surface area (Å²) in [6, 6.07) is 3.54. The number of rotatable bonds is 3. The van der Waals surface area contributed by atoms with Crippen LogP contribution < -0.4 is 0 Å². The average Bonchev–Trinajstić information content (AvgIpc) is 2.33. The molecule has 0 aliphatic heterocycles. The Morgan fingerprint density at radius 2 is 2.00 bits per heavy atom. The van der Waals surface area contributed by atoms with Crippen molar-refractivity contribution in [2.24, 2.45) is 0 Å². The summed E-state index contributed by atoms with van der Waals surface area (Å²) in [6.07, 6.45) is 4.61. The number of aromatic hydroxyl groups is 2. The molecule has 3 nitrogen and oxygen atoms in total. The van der Waals surface area contributed by atoms with E-state index in [1.54, 1.807) is 19.3 Å². The highest BCUT2D eigenvalue weighted by molar-refractivity contribution is 5.90. The highest BCUT2D eigenvalue weighted by Gasteiger charge is 2.15. The van der Waals surface area contributed by atoms with E-state index in [9.17, 15) is 10.2 Å². The van der Waals surface area contributed by atoms with E-state index in [0.717, 1.165) is 30.4 Å². The molecule has 1 aromatic carbocycles. The number of hydrogen-bond donors (Lipinski definition) is 2. The second-order valence-corrected chi connectivity index (χ2v) is 4.32. The fourth-order valence-electron chi connectivity index (χ4n) is 1.86. The lowest BCUT2D eigenvalue weighted by atomic mass is 10.1. The van der Waals surface area contributed by atoms with Crippen molar-refractivity contribution in [1.29, 1.82) is 0 Å². The van der Waals surface area contributed by atoms with Gasteiger partial charge >= 0.3 is 12.0 Å². The average molecular weight is 233 g/mol. The van der Waals surface area contributed by atoms with Crippen LogP contribution in [-0.4, -0.2) is 10.2 Å². The van der Waals surface area contributed by atoms with Crippen molar-refractivity contribution in [2.75, 3.05) is 0 Å². The summed E-state index contributed by atoms with van der Waals surface area (Å²) in [5.74, 6) is 1.08. The molecule has 0 radical (unpaired) electrons. The Hall–Kier alpha value is -1.77. The Morgan fingerprint density at radius 1 is 1.24 bits per heavy atom. The quantitative estimate of drug-likeness (QED) is 0.793. The zero-order valence-corrected chi connectivity index (χ0v) is 10.2. The van der Waals surface area contributed by atoms with Gasteiger partial charge in [-0.2, -0.15) is 0 Å². The summed E-state index contributed by atoms with van der Waals surface area (Å²) in [7, 11) is 0. The largest absolute Gasteiger partial charge is 0.508 e. The summed E-state index contributed by atoms with van der Waals surface area (Å²) in [6.45, 7) is 3.80. The van der Waals surface area contributed by atoms with Crippen LogP contribution in [0.5, 0.6) is 11.5 Å². The highest BCUT2D eigenvalue weighted by atomic mass is 16.3. The van der Waals surface area contributed by atoms with Crippen LogP contribution in [0.15, 0.2) is 22.8 Å². The van der Waals surface area contributed by atoms with Gasteiger partial charge in [0.1, 0.15) is 16.9 Å². The van der Waals surface area contributed by atoms with Gasteiger partial charge in [0, 0.05) is 17.0 Å². The Balaban J connectivity index is 2.51. The molecule has 0 unspecified atom stereocenters. The predicted molar refractivity (Wildman–Crippen MR) is 67.3 cm³/mol. The number of unbranched alkanes of at least 4 members (excludes halogenated alkanes) is 1. The van der Waals surface area contributed by atoms with Gasteiger partial charge in [-0.05, 0) is 19.4 Å². The van der Waals surface area contributed by atoms with Crippen molar-refractivity contribution in [2.45, 2.75) is 33.1 Å². The van der Waals surface area contributed by atoms with E-state index in [-0.39, 0.29) is 11.5 Å². The first-order valence-corrected chi connectivity index (χ1v) is 5.89. The van der Waals surface area contributed by atoms with E-state index in [4.69, 9.17) is 4.42 Å². The smallest absolute Gasteiger partial charge is 0.329 e. The topological polar surface area (TPSA) is 51.8 Å². The SMILES string of the molecule is CCCCc1cc2cc(O)c(C)c(O)c2c[o+]1. The third kappa shape index (κ3) is 2.18. The summed E-state index contributed by atoms with van der Waals surface area (Å²) < 4.78 is 5.48. The van der Waals surface area contributed by atoms with E-state index in [0.29, 0.717) is 10.9 Å². The van der Waals surface area contributed by atoms with Crippen molar-refractivity contribution in [3.63, 3.8) is 0 Å². The second kappa shape index (κ2) is 4.62. The van der Waals surface area contributed by atoms with E-state index in [1.807, 2.05) is 6.07 Å². The van der Waals surface area contributed by atoms with Gasteiger partial charge in [-0.3, -0.25) is 0 Å². The molecule has 0 amide bonds. The van der Waals surface area contributed by atoms with E-state index in [1.165, 1.54) is 0 Å². The Morgan fingerprint density at radius 3 is 2.71 bits per heavy atom. The molecule has 0 aliphatic carbocycles. The fourth-order valence-corrected chi connectivity index (χ4v) is 1.86. The van der Waals surface area contributed by atoms with Gasteiger partial charge in [0.25, 0.3) is 0 Å². The van der Waals surface area contributed by atoms with Crippen LogP contribution in [-0.2, 0) is 6.42 Å². The third-order valence-electron chi connectivity index (χ3n) is 3.02. The molecular formula is C14H17O3+. The monoisotopic (exact) mass is 233 g/mol. The maximum atomic E-state index is 9.89. The van der Waals surface area contributed by atoms with Crippen molar-refractivity contribution in [1.82, 2.24) is 0 Å². The Kier molecular flexibility index (Phi) is 3.18. The lowest BCUT2D eigenvalue weighted by Gasteiger charge is -2.03. The zero-order chi connectivity index (χ0) is 12.4. The Bertz CT molecular complexity index is 547. The van der Waals surface area contributed by atoms with Gasteiger partial charge < -0.3 is 10.2 Å². The first-order valence-electron chi connectivity index (χ1n) is 5.89. The minimum absolute atomic E-state index is 0.0887. The number of aryl methyl sites for hydroxylation is 1. The standard InChI is InChI=1S/C14H16O3/c1-3-4-5-11-6-10-7-13(15)9(2)14(16)12(10)8-17-11/h6-8H,3-5H2,1-2H3,(H-,15,16)/p+1. The van der Waals surface area contributed by atoms with Gasteiger partial charge in [-0.15, -0.1) is 0 Å². The molecule has 3 heteroatoms. The minimum Gasteiger partial charge on any atom is -0.508 e. The molecule has 90 valence electrons. The molecule has 0 saturated heterocycles. The molecule has 2 rings (SSSR count). The number of hydrogen-bond acceptors (Lipinski definition) is 2. The molecule has 0 bridgehead atoms. The second-order valence-electron chi connectivity index (χ2n) is 4.32. The summed E-state index contributed by atoms with van der Waals surface area (Å²) >= 11 is 0. The van der Waals surface area contributed by atoms with Gasteiger partial charge in [0.2, 0.25) is 0 Å². The first kappa shape index (κ1) is 11.7. The number of benzene rings is 1. The molecule has 2 N–H and O–H groups in total. The third-order valence-corrected chi connectivity index (χ3v) is 3.02. The molecule has 0 saturated carbocycles. The van der Waals surface area contributed by atoms with Crippen molar-refractivity contribution >= 4 is 10.8 Å². The Labute approximate surface area is 100 Å². The predicted octanol–water partition coefficient (Wildman–Crippen LogP) is 3.78. The zero-order valence-electron chi connectivity index (χ0n) is 10.2. The van der Waals surface area contributed by atoms with Crippen LogP contribution in [0.3, 0.4) is 0 Å². The maximum absolute atomic E-state index is 9.89. The normalized spacial score (nSPS) is 10.9. The number of fused-ring (bicyclic) bond motifs is 1. The maximum Gasteiger partial charge on any atom is 0.329 e. The molecule has 0 aliphatic rings. The molecule has 1 heterocycles. The molecule has 0 fully saturated rings. The summed E-state index contributed by atoms with van der Waals surface area (Å²) in [5, 5.41) is 21.0. The number of phenolic OH excluding ortho intramolecular Hbond substituents is 2. The van der Waals surface area contributed by atoms with Gasteiger partial charge in [-0.1, -0.05) is 13.3 Å². The van der Waals surface area contributed by atoms with Crippen LogP contribution in [0, 0.1) is 6.92 Å². The van der Waals surface area contributed by atoms with Crippen LogP contribution in [0.2, 0.25) is 0 Å². The van der Waals surface area contributed by atoms with Crippen molar-refractivity contribution < 1.29 is 14.6 Å². The van der Waals surface area contributed by atoms with Crippen molar-refractivity contribution in [3.8, 4) is 11.5 Å². The van der Waals surface area contributed by atoms with Gasteiger partial charge in [0.05, 0.1) is 6.42 Å². The van der Waals surface area contributed by atoms with E-state index < -0.39 is 0 Å². The molecule has 0 atom stereocenters. The van der Waals surface area contributed by atoms with Gasteiger partial charge in [-0.25, -0.2) is 4.42 Å². The lowest BCUT2D eigenvalue weighted by molar-refractivity contribution is 0.444. The van der Waals surface area contributed by atoms with Crippen LogP contribution in [0.4, 0.5) is 0 Å². The minimum atomic E-state index is 0.0887. The van der Waals surface area contributed by atoms with Crippen LogP contribution in [0.1, 0.15) is 31.1 Å². The lowest BCUT2D eigenvalue weighted by Crippen LogP contribution is -1.86. The van der Waals surface area contributed by atoms with Crippen LogP contribution >= 0.6 is 0 Å². The van der Waals surface area contributed by atoms with E-state index in [2.05, 4.69) is 6.92 Å². The first-order chi connectivity index (χ1) is 8.13. The van der Waals surface area contributed by atoms with Gasteiger partial charge in [0.15, 0.2) is 0 Å². The number of phenols is 2. The van der Waals surface area contributed by atoms with Crippen LogP contribution in [0.25, 0.3) is 10.8 Å². The molecule has 1 aromatic heterocycles. The summed E-state index contributed by atoms with van der Waals surface area (Å²) in [4.78, 5) is 0. The summed E-state index contributed by atoms with van der Waals surface area (Å²) in [5.41, 5.74) is 0.481. The fraction of sp³-hybridized carbons (Fsp3) is 0.357. The molecule has 2 aromatic rings. The molecule has 0 spiro atoms. The van der Waals surface area contributed by atoms with E-state index >= 15 is 0 Å². The molecular weight excluding hydrogens is 216 g/mol. The van der Waals surface area contributed by atoms with Crippen molar-refractivity contribution in [3.05, 3.63) is 29.7 Å². The highest BCUT2D eigenvalue weighted by Crippen LogP contribution is 2.35.